The van der Waals surface area contributed by atoms with Gasteiger partial charge in [0.15, 0.2) is 0 Å². The summed E-state index contributed by atoms with van der Waals surface area (Å²) in [6.45, 7) is 1.89. The number of H-pyrrole nitrogens is 1. The molecule has 1 heterocycles. The highest BCUT2D eigenvalue weighted by Gasteiger charge is 2.14. The number of anilines is 1. The van der Waals surface area contributed by atoms with Crippen LogP contribution in [0.25, 0.3) is 11.1 Å². The number of nitrogens with zero attached hydrogens (tertiary/aromatic N) is 1. The fourth-order valence-electron chi connectivity index (χ4n) is 1.47. The highest BCUT2D eigenvalue weighted by atomic mass is 79.9. The number of aryl methyl sites for hydroxylation is 1. The predicted molar refractivity (Wildman–Crippen MR) is 60.8 cm³/mol. The van der Waals surface area contributed by atoms with Crippen LogP contribution in [0.2, 0.25) is 0 Å². The molecular weight excluding hydrogens is 261 g/mol. The molecule has 0 saturated carbocycles. The maximum atomic E-state index is 13.4. The Kier molecular flexibility index (Phi) is 2.48. The van der Waals surface area contributed by atoms with Crippen molar-refractivity contribution in [2.75, 3.05) is 5.73 Å². The molecule has 15 heavy (non-hydrogen) atoms. The van der Waals surface area contributed by atoms with E-state index in [4.69, 9.17) is 5.73 Å². The molecule has 2 rings (SSSR count). The number of hydrogen-bond donors (Lipinski definition) is 2. The van der Waals surface area contributed by atoms with Crippen LogP contribution in [0.4, 0.5) is 10.2 Å². The van der Waals surface area contributed by atoms with Crippen molar-refractivity contribution in [3.05, 3.63) is 34.2 Å². The molecule has 0 spiro atoms. The Balaban J connectivity index is 2.72. The lowest BCUT2D eigenvalue weighted by molar-refractivity contribution is 0.621. The zero-order chi connectivity index (χ0) is 11.0. The molecule has 5 heteroatoms. The number of hydrogen-bond acceptors (Lipinski definition) is 2. The maximum absolute atomic E-state index is 13.4. The van der Waals surface area contributed by atoms with E-state index in [0.717, 1.165) is 11.1 Å². The van der Waals surface area contributed by atoms with E-state index in [1.54, 1.807) is 12.3 Å². The van der Waals surface area contributed by atoms with Crippen molar-refractivity contribution in [2.24, 2.45) is 0 Å². The lowest BCUT2D eigenvalue weighted by atomic mass is 10.0. The van der Waals surface area contributed by atoms with E-state index in [1.165, 1.54) is 6.07 Å². The minimum atomic E-state index is -0.309. The van der Waals surface area contributed by atoms with Crippen LogP contribution in [0.3, 0.4) is 0 Å². The van der Waals surface area contributed by atoms with Gasteiger partial charge in [0, 0.05) is 11.1 Å². The largest absolute Gasteiger partial charge is 0.384 e. The lowest BCUT2D eigenvalue weighted by Crippen LogP contribution is -1.92. The molecule has 0 bridgehead atoms. The second-order valence-electron chi connectivity index (χ2n) is 3.25. The van der Waals surface area contributed by atoms with Gasteiger partial charge in [-0.05, 0) is 34.5 Å². The number of halogens is 2. The van der Waals surface area contributed by atoms with Gasteiger partial charge >= 0.3 is 0 Å². The van der Waals surface area contributed by atoms with Gasteiger partial charge in [0.1, 0.15) is 11.6 Å². The SMILES string of the molecule is Cc1ccc(F)c(Br)c1-c1cn[nH]c1N. The van der Waals surface area contributed by atoms with E-state index in [9.17, 15) is 4.39 Å². The molecule has 0 fully saturated rings. The minimum absolute atomic E-state index is 0.309. The van der Waals surface area contributed by atoms with E-state index in [0.29, 0.717) is 15.9 Å². The lowest BCUT2D eigenvalue weighted by Gasteiger charge is -2.07. The Morgan fingerprint density at radius 1 is 1.47 bits per heavy atom. The fraction of sp³-hybridized carbons (Fsp3) is 0.100. The summed E-state index contributed by atoms with van der Waals surface area (Å²) in [5, 5.41) is 6.44. The third kappa shape index (κ3) is 1.63. The number of nitrogens with two attached hydrogens (primary N) is 1. The third-order valence-corrected chi connectivity index (χ3v) is 3.02. The first-order valence-corrected chi connectivity index (χ1v) is 5.14. The van der Waals surface area contributed by atoms with Crippen molar-refractivity contribution in [1.82, 2.24) is 10.2 Å². The molecule has 78 valence electrons. The summed E-state index contributed by atoms with van der Waals surface area (Å²) in [6.07, 6.45) is 1.59. The van der Waals surface area contributed by atoms with E-state index in [1.807, 2.05) is 6.92 Å². The smallest absolute Gasteiger partial charge is 0.138 e. The summed E-state index contributed by atoms with van der Waals surface area (Å²) in [6, 6.07) is 3.13. The van der Waals surface area contributed by atoms with E-state index in [-0.39, 0.29) is 5.82 Å². The molecule has 0 radical (unpaired) electrons. The van der Waals surface area contributed by atoms with Gasteiger partial charge in [-0.3, -0.25) is 5.10 Å². The van der Waals surface area contributed by atoms with E-state index < -0.39 is 0 Å². The first-order valence-electron chi connectivity index (χ1n) is 4.35. The van der Waals surface area contributed by atoms with Gasteiger partial charge in [-0.2, -0.15) is 5.10 Å². The topological polar surface area (TPSA) is 54.7 Å². The number of aromatic nitrogens is 2. The van der Waals surface area contributed by atoms with Crippen LogP contribution in [0.5, 0.6) is 0 Å². The molecule has 0 aliphatic rings. The van der Waals surface area contributed by atoms with Crippen LogP contribution in [0.1, 0.15) is 5.56 Å². The Hall–Kier alpha value is -1.36. The second-order valence-corrected chi connectivity index (χ2v) is 4.04. The van der Waals surface area contributed by atoms with Crippen LogP contribution >= 0.6 is 15.9 Å². The van der Waals surface area contributed by atoms with Crippen molar-refractivity contribution in [3.63, 3.8) is 0 Å². The molecule has 0 saturated heterocycles. The number of aromatic amines is 1. The zero-order valence-corrected chi connectivity index (χ0v) is 9.60. The number of rotatable bonds is 1. The monoisotopic (exact) mass is 269 g/mol. The van der Waals surface area contributed by atoms with Gasteiger partial charge in [-0.25, -0.2) is 4.39 Å². The summed E-state index contributed by atoms with van der Waals surface area (Å²) < 4.78 is 13.8. The Morgan fingerprint density at radius 3 is 2.80 bits per heavy atom. The van der Waals surface area contributed by atoms with Crippen molar-refractivity contribution in [1.29, 1.82) is 0 Å². The molecule has 0 aliphatic carbocycles. The molecule has 0 amide bonds. The summed E-state index contributed by atoms with van der Waals surface area (Å²) in [4.78, 5) is 0. The molecule has 0 atom stereocenters. The van der Waals surface area contributed by atoms with E-state index >= 15 is 0 Å². The second kappa shape index (κ2) is 3.66. The van der Waals surface area contributed by atoms with Crippen molar-refractivity contribution >= 4 is 21.7 Å². The molecule has 0 unspecified atom stereocenters. The summed E-state index contributed by atoms with van der Waals surface area (Å²) >= 11 is 3.21. The van der Waals surface area contributed by atoms with Crippen LogP contribution in [0, 0.1) is 12.7 Å². The third-order valence-electron chi connectivity index (χ3n) is 2.24. The zero-order valence-electron chi connectivity index (χ0n) is 8.01. The number of nitrogen functional groups attached to an aromatic ring is 1. The average Bonchev–Trinajstić information content (AvgIpc) is 2.60. The standard InChI is InChI=1S/C10H9BrFN3/c1-5-2-3-7(12)9(11)8(5)6-4-14-15-10(6)13/h2-4H,1H3,(H3,13,14,15). The van der Waals surface area contributed by atoms with Gasteiger partial charge in [-0.1, -0.05) is 6.07 Å². The number of benzene rings is 1. The van der Waals surface area contributed by atoms with Gasteiger partial charge in [0.05, 0.1) is 10.7 Å². The summed E-state index contributed by atoms with van der Waals surface area (Å²) in [7, 11) is 0. The molecule has 2 aromatic rings. The maximum Gasteiger partial charge on any atom is 0.138 e. The van der Waals surface area contributed by atoms with Crippen LogP contribution in [-0.4, -0.2) is 10.2 Å². The highest BCUT2D eigenvalue weighted by molar-refractivity contribution is 9.10. The Labute approximate surface area is 94.6 Å². The first-order chi connectivity index (χ1) is 7.11. The fourth-order valence-corrected chi connectivity index (χ4v) is 2.13. The van der Waals surface area contributed by atoms with Crippen LogP contribution < -0.4 is 5.73 Å². The van der Waals surface area contributed by atoms with Crippen LogP contribution in [0.15, 0.2) is 22.8 Å². The average molecular weight is 270 g/mol. The molecular formula is C10H9BrFN3. The quantitative estimate of drug-likeness (QED) is 0.837. The van der Waals surface area contributed by atoms with Gasteiger partial charge in [0.25, 0.3) is 0 Å². The molecule has 3 N–H and O–H groups in total. The summed E-state index contributed by atoms with van der Waals surface area (Å²) in [5.41, 5.74) is 8.08. The molecule has 0 aliphatic heterocycles. The number of nitrogens with one attached hydrogen (secondary N) is 1. The Bertz CT molecular complexity index is 507. The summed E-state index contributed by atoms with van der Waals surface area (Å²) in [5.74, 6) is 0.126. The normalized spacial score (nSPS) is 10.6. The van der Waals surface area contributed by atoms with Gasteiger partial charge in [0.2, 0.25) is 0 Å². The first kappa shape index (κ1) is 10.2. The van der Waals surface area contributed by atoms with Gasteiger partial charge < -0.3 is 5.73 Å². The molecule has 3 nitrogen and oxygen atoms in total. The minimum Gasteiger partial charge on any atom is -0.384 e. The molecule has 1 aromatic carbocycles. The predicted octanol–water partition coefficient (Wildman–Crippen LogP) is 2.87. The van der Waals surface area contributed by atoms with Crippen LogP contribution in [-0.2, 0) is 0 Å². The molecule has 1 aromatic heterocycles. The van der Waals surface area contributed by atoms with Crippen molar-refractivity contribution < 1.29 is 4.39 Å². The van der Waals surface area contributed by atoms with Crippen molar-refractivity contribution in [3.8, 4) is 11.1 Å². The highest BCUT2D eigenvalue weighted by Crippen LogP contribution is 2.35. The van der Waals surface area contributed by atoms with Gasteiger partial charge in [-0.15, -0.1) is 0 Å². The van der Waals surface area contributed by atoms with E-state index in [2.05, 4.69) is 26.1 Å². The van der Waals surface area contributed by atoms with Crippen molar-refractivity contribution in [2.45, 2.75) is 6.92 Å². The Morgan fingerprint density at radius 2 is 2.20 bits per heavy atom.